The lowest BCUT2D eigenvalue weighted by atomic mass is 10.1. The standard InChI is InChI=1S/C13H11Br2N3O3/c1-16-11-4-8(2-3-12(11)18(20)21)6-17-7-9(14)5-10(15)13(17)19/h2-5,7,16H,6H2,1H3. The minimum atomic E-state index is -0.447. The SMILES string of the molecule is CNc1cc(Cn2cc(Br)cc(Br)c2=O)ccc1[N+](=O)[O-]. The van der Waals surface area contributed by atoms with Crippen LogP contribution in [0.2, 0.25) is 0 Å². The Labute approximate surface area is 137 Å². The lowest BCUT2D eigenvalue weighted by molar-refractivity contribution is -0.383. The number of nitrogens with one attached hydrogen (secondary N) is 1. The second-order valence-electron chi connectivity index (χ2n) is 4.30. The molecule has 2 aromatic rings. The largest absolute Gasteiger partial charge is 0.383 e. The first-order valence-electron chi connectivity index (χ1n) is 5.93. The molecule has 8 heteroatoms. The minimum absolute atomic E-state index is 0.00372. The van der Waals surface area contributed by atoms with Gasteiger partial charge in [0.25, 0.3) is 11.2 Å². The molecule has 0 aliphatic rings. The molecule has 0 radical (unpaired) electrons. The Morgan fingerprint density at radius 1 is 1.33 bits per heavy atom. The average molecular weight is 417 g/mol. The van der Waals surface area contributed by atoms with Gasteiger partial charge in [0, 0.05) is 23.8 Å². The third-order valence-electron chi connectivity index (χ3n) is 2.89. The van der Waals surface area contributed by atoms with E-state index in [1.165, 1.54) is 10.6 Å². The number of anilines is 1. The Morgan fingerprint density at radius 2 is 2.05 bits per heavy atom. The molecule has 1 aromatic heterocycles. The number of nitrogens with zero attached hydrogens (tertiary/aromatic N) is 2. The fourth-order valence-corrected chi connectivity index (χ4v) is 3.18. The van der Waals surface area contributed by atoms with Crippen molar-refractivity contribution < 1.29 is 4.92 Å². The Balaban J connectivity index is 2.41. The predicted octanol–water partition coefficient (Wildman–Crippen LogP) is 3.37. The number of benzene rings is 1. The van der Waals surface area contributed by atoms with Crippen LogP contribution in [0.1, 0.15) is 5.56 Å². The van der Waals surface area contributed by atoms with Crippen LogP contribution < -0.4 is 10.9 Å². The van der Waals surface area contributed by atoms with E-state index in [4.69, 9.17) is 0 Å². The van der Waals surface area contributed by atoms with Crippen LogP contribution in [-0.4, -0.2) is 16.5 Å². The molecule has 0 bridgehead atoms. The van der Waals surface area contributed by atoms with Gasteiger partial charge in [0.1, 0.15) is 5.69 Å². The van der Waals surface area contributed by atoms with Gasteiger partial charge in [0.05, 0.1) is 15.9 Å². The van der Waals surface area contributed by atoms with Crippen molar-refractivity contribution in [3.8, 4) is 0 Å². The molecule has 0 fully saturated rings. The summed E-state index contributed by atoms with van der Waals surface area (Å²) in [4.78, 5) is 22.5. The van der Waals surface area contributed by atoms with Crippen LogP contribution in [0.5, 0.6) is 0 Å². The Kier molecular flexibility index (Phi) is 4.79. The maximum Gasteiger partial charge on any atom is 0.292 e. The monoisotopic (exact) mass is 415 g/mol. The fourth-order valence-electron chi connectivity index (χ4n) is 1.92. The zero-order valence-electron chi connectivity index (χ0n) is 11.0. The first-order valence-corrected chi connectivity index (χ1v) is 7.51. The lowest BCUT2D eigenvalue weighted by Gasteiger charge is -2.09. The summed E-state index contributed by atoms with van der Waals surface area (Å²) in [7, 11) is 1.62. The molecular formula is C13H11Br2N3O3. The van der Waals surface area contributed by atoms with E-state index in [0.717, 1.165) is 10.0 Å². The third kappa shape index (κ3) is 3.51. The highest BCUT2D eigenvalue weighted by Crippen LogP contribution is 2.25. The van der Waals surface area contributed by atoms with Crippen molar-refractivity contribution in [1.29, 1.82) is 0 Å². The molecule has 1 heterocycles. The number of nitro groups is 1. The van der Waals surface area contributed by atoms with Crippen LogP contribution >= 0.6 is 31.9 Å². The van der Waals surface area contributed by atoms with Crippen LogP contribution in [0.4, 0.5) is 11.4 Å². The molecule has 21 heavy (non-hydrogen) atoms. The maximum atomic E-state index is 12.0. The minimum Gasteiger partial charge on any atom is -0.383 e. The van der Waals surface area contributed by atoms with Crippen molar-refractivity contribution >= 4 is 43.2 Å². The van der Waals surface area contributed by atoms with Crippen LogP contribution in [-0.2, 0) is 6.54 Å². The zero-order valence-corrected chi connectivity index (χ0v) is 14.1. The van der Waals surface area contributed by atoms with Crippen molar-refractivity contribution in [1.82, 2.24) is 4.57 Å². The summed E-state index contributed by atoms with van der Waals surface area (Å²) in [5.41, 5.74) is 1.04. The molecule has 0 unspecified atom stereocenters. The van der Waals surface area contributed by atoms with E-state index in [2.05, 4.69) is 37.2 Å². The number of hydrogen-bond donors (Lipinski definition) is 1. The summed E-state index contributed by atoms with van der Waals surface area (Å²) >= 11 is 6.53. The van der Waals surface area contributed by atoms with Crippen molar-refractivity contribution in [3.63, 3.8) is 0 Å². The van der Waals surface area contributed by atoms with E-state index in [9.17, 15) is 14.9 Å². The molecule has 0 aliphatic carbocycles. The first-order chi connectivity index (χ1) is 9.92. The van der Waals surface area contributed by atoms with Crippen LogP contribution in [0, 0.1) is 10.1 Å². The zero-order chi connectivity index (χ0) is 15.6. The fraction of sp³-hybridized carbons (Fsp3) is 0.154. The van der Waals surface area contributed by atoms with Gasteiger partial charge in [-0.1, -0.05) is 6.07 Å². The number of hydrogen-bond acceptors (Lipinski definition) is 4. The predicted molar refractivity (Wildman–Crippen MR) is 87.8 cm³/mol. The molecule has 0 amide bonds. The molecule has 0 aliphatic heterocycles. The molecule has 1 aromatic carbocycles. The molecule has 6 nitrogen and oxygen atoms in total. The van der Waals surface area contributed by atoms with Gasteiger partial charge in [-0.25, -0.2) is 0 Å². The Hall–Kier alpha value is -1.67. The van der Waals surface area contributed by atoms with E-state index in [1.54, 1.807) is 31.4 Å². The van der Waals surface area contributed by atoms with Gasteiger partial charge in [0.2, 0.25) is 0 Å². The molecular weight excluding hydrogens is 406 g/mol. The summed E-state index contributed by atoms with van der Waals surface area (Å²) in [6.45, 7) is 0.323. The molecule has 1 N–H and O–H groups in total. The van der Waals surface area contributed by atoms with Gasteiger partial charge in [0.15, 0.2) is 0 Å². The molecule has 0 saturated carbocycles. The molecule has 2 rings (SSSR count). The topological polar surface area (TPSA) is 77.2 Å². The third-order valence-corrected chi connectivity index (χ3v) is 3.89. The van der Waals surface area contributed by atoms with Crippen molar-refractivity contribution in [2.75, 3.05) is 12.4 Å². The Morgan fingerprint density at radius 3 is 2.67 bits per heavy atom. The molecule has 0 spiro atoms. The van der Waals surface area contributed by atoms with E-state index >= 15 is 0 Å². The summed E-state index contributed by atoms with van der Waals surface area (Å²) in [5.74, 6) is 0. The second-order valence-corrected chi connectivity index (χ2v) is 6.07. The molecule has 0 atom stereocenters. The van der Waals surface area contributed by atoms with Gasteiger partial charge in [-0.2, -0.15) is 0 Å². The maximum absolute atomic E-state index is 12.0. The van der Waals surface area contributed by atoms with Gasteiger partial charge >= 0.3 is 0 Å². The number of aromatic nitrogens is 1. The normalized spacial score (nSPS) is 10.4. The van der Waals surface area contributed by atoms with Gasteiger partial charge < -0.3 is 9.88 Å². The highest BCUT2D eigenvalue weighted by molar-refractivity contribution is 9.11. The van der Waals surface area contributed by atoms with Crippen LogP contribution in [0.25, 0.3) is 0 Å². The van der Waals surface area contributed by atoms with Gasteiger partial charge in [-0.15, -0.1) is 0 Å². The summed E-state index contributed by atoms with van der Waals surface area (Å²) in [5, 5.41) is 13.7. The van der Waals surface area contributed by atoms with Crippen LogP contribution in [0.15, 0.2) is 44.2 Å². The van der Waals surface area contributed by atoms with Crippen molar-refractivity contribution in [2.24, 2.45) is 0 Å². The van der Waals surface area contributed by atoms with Crippen molar-refractivity contribution in [2.45, 2.75) is 6.54 Å². The number of pyridine rings is 1. The lowest BCUT2D eigenvalue weighted by Crippen LogP contribution is -2.20. The highest BCUT2D eigenvalue weighted by Gasteiger charge is 2.13. The number of halogens is 2. The summed E-state index contributed by atoms with van der Waals surface area (Å²) < 4.78 is 2.74. The number of rotatable bonds is 4. The highest BCUT2D eigenvalue weighted by atomic mass is 79.9. The Bertz CT molecular complexity index is 759. The number of nitro benzene ring substituents is 1. The summed E-state index contributed by atoms with van der Waals surface area (Å²) in [6.07, 6.45) is 1.67. The second kappa shape index (κ2) is 6.40. The van der Waals surface area contributed by atoms with E-state index < -0.39 is 4.92 Å². The smallest absolute Gasteiger partial charge is 0.292 e. The van der Waals surface area contributed by atoms with Crippen LogP contribution in [0.3, 0.4) is 0 Å². The van der Waals surface area contributed by atoms with E-state index in [0.29, 0.717) is 16.7 Å². The first kappa shape index (κ1) is 15.7. The quantitative estimate of drug-likeness (QED) is 0.612. The van der Waals surface area contributed by atoms with Crippen molar-refractivity contribution in [3.05, 3.63) is 65.4 Å². The molecule has 110 valence electrons. The molecule has 0 saturated heterocycles. The van der Waals surface area contributed by atoms with Gasteiger partial charge in [-0.3, -0.25) is 14.9 Å². The van der Waals surface area contributed by atoms with E-state index in [1.807, 2.05) is 0 Å². The van der Waals surface area contributed by atoms with E-state index in [-0.39, 0.29) is 11.2 Å². The summed E-state index contributed by atoms with van der Waals surface area (Å²) in [6, 6.07) is 6.41. The van der Waals surface area contributed by atoms with Gasteiger partial charge in [-0.05, 0) is 49.6 Å². The average Bonchev–Trinajstić information content (AvgIpc) is 2.43.